The summed E-state index contributed by atoms with van der Waals surface area (Å²) in [6, 6.07) is 10.2. The van der Waals surface area contributed by atoms with Gasteiger partial charge in [-0.25, -0.2) is 4.98 Å². The van der Waals surface area contributed by atoms with Gasteiger partial charge in [0.15, 0.2) is 0 Å². The van der Waals surface area contributed by atoms with Gasteiger partial charge in [0.2, 0.25) is 5.91 Å². The molecule has 0 radical (unpaired) electrons. The highest BCUT2D eigenvalue weighted by atomic mass is 19.4. The van der Waals surface area contributed by atoms with Crippen molar-refractivity contribution in [1.29, 1.82) is 0 Å². The van der Waals surface area contributed by atoms with Gasteiger partial charge in [0.05, 0.1) is 18.0 Å². The predicted molar refractivity (Wildman–Crippen MR) is 118 cm³/mol. The molecule has 33 heavy (non-hydrogen) atoms. The lowest BCUT2D eigenvalue weighted by Crippen LogP contribution is -2.41. The molecule has 2 aromatic rings. The number of halogens is 3. The first-order valence-electron chi connectivity index (χ1n) is 11.0. The van der Waals surface area contributed by atoms with Gasteiger partial charge in [-0.15, -0.1) is 0 Å². The molecule has 2 heterocycles. The van der Waals surface area contributed by atoms with Crippen LogP contribution in [0.2, 0.25) is 0 Å². The van der Waals surface area contributed by atoms with E-state index in [9.17, 15) is 22.8 Å². The standard InChI is InChI=1S/C24H28F3N3O3/c1-17-6-8-18(9-7-17)10-11-21(31)28-13-15-33-23(32)19-4-3-14-30(16-19)22-20(24(25,26)27)5-2-12-29-22/h2,5-9,12,19H,3-4,10-11,13-16H2,1H3,(H,28,31). The Bertz CT molecular complexity index is 948. The number of carbonyl (C=O) groups is 2. The average Bonchev–Trinajstić information content (AvgIpc) is 2.81. The summed E-state index contributed by atoms with van der Waals surface area (Å²) in [5.74, 6) is -1.31. The van der Waals surface area contributed by atoms with Gasteiger partial charge < -0.3 is 15.0 Å². The summed E-state index contributed by atoms with van der Waals surface area (Å²) in [5, 5.41) is 2.72. The number of benzene rings is 1. The lowest BCUT2D eigenvalue weighted by Gasteiger charge is -2.33. The molecule has 1 aromatic heterocycles. The highest BCUT2D eigenvalue weighted by Gasteiger charge is 2.37. The van der Waals surface area contributed by atoms with E-state index in [0.717, 1.165) is 17.2 Å². The van der Waals surface area contributed by atoms with Crippen molar-refractivity contribution in [2.75, 3.05) is 31.1 Å². The molecule has 1 aliphatic heterocycles. The van der Waals surface area contributed by atoms with E-state index in [-0.39, 0.29) is 31.4 Å². The second kappa shape index (κ2) is 11.2. The third-order valence-corrected chi connectivity index (χ3v) is 5.58. The van der Waals surface area contributed by atoms with Gasteiger partial charge in [-0.05, 0) is 43.9 Å². The van der Waals surface area contributed by atoms with Gasteiger partial charge >= 0.3 is 12.1 Å². The Labute approximate surface area is 191 Å². The molecule has 1 atom stereocenters. The molecular formula is C24H28F3N3O3. The van der Waals surface area contributed by atoms with Crippen LogP contribution in [0.5, 0.6) is 0 Å². The van der Waals surface area contributed by atoms with Crippen LogP contribution in [0.25, 0.3) is 0 Å². The Morgan fingerprint density at radius 2 is 1.97 bits per heavy atom. The number of anilines is 1. The molecule has 6 nitrogen and oxygen atoms in total. The Balaban J connectivity index is 1.42. The van der Waals surface area contributed by atoms with E-state index >= 15 is 0 Å². The summed E-state index contributed by atoms with van der Waals surface area (Å²) in [6.07, 6.45) is -1.16. The molecule has 0 saturated carbocycles. The highest BCUT2D eigenvalue weighted by Crippen LogP contribution is 2.36. The van der Waals surface area contributed by atoms with Crippen molar-refractivity contribution < 1.29 is 27.5 Å². The molecule has 1 aliphatic rings. The molecule has 1 fully saturated rings. The molecule has 178 valence electrons. The number of piperidine rings is 1. The van der Waals surface area contributed by atoms with Crippen LogP contribution in [-0.4, -0.2) is 43.1 Å². The van der Waals surface area contributed by atoms with Crippen LogP contribution in [0.3, 0.4) is 0 Å². The van der Waals surface area contributed by atoms with E-state index < -0.39 is 23.6 Å². The van der Waals surface area contributed by atoms with Crippen molar-refractivity contribution >= 4 is 17.7 Å². The molecule has 1 amide bonds. The number of carbonyl (C=O) groups excluding carboxylic acids is 2. The minimum Gasteiger partial charge on any atom is -0.464 e. The van der Waals surface area contributed by atoms with Crippen molar-refractivity contribution in [1.82, 2.24) is 10.3 Å². The fourth-order valence-electron chi connectivity index (χ4n) is 3.79. The number of nitrogens with one attached hydrogen (secondary N) is 1. The zero-order valence-electron chi connectivity index (χ0n) is 18.5. The summed E-state index contributed by atoms with van der Waals surface area (Å²) < 4.78 is 45.2. The van der Waals surface area contributed by atoms with Gasteiger partial charge in [0.25, 0.3) is 0 Å². The summed E-state index contributed by atoms with van der Waals surface area (Å²) in [5.41, 5.74) is 1.42. The van der Waals surface area contributed by atoms with Gasteiger partial charge in [-0.2, -0.15) is 13.2 Å². The maximum absolute atomic E-state index is 13.3. The zero-order valence-corrected chi connectivity index (χ0v) is 18.5. The fraction of sp³-hybridized carbons (Fsp3) is 0.458. The SMILES string of the molecule is Cc1ccc(CCC(=O)NCCOC(=O)C2CCCN(c3ncccc3C(F)(F)F)C2)cc1. The van der Waals surface area contributed by atoms with E-state index in [0.29, 0.717) is 32.2 Å². The van der Waals surface area contributed by atoms with E-state index in [1.54, 1.807) is 0 Å². The van der Waals surface area contributed by atoms with Gasteiger partial charge in [-0.3, -0.25) is 9.59 Å². The molecule has 1 saturated heterocycles. The normalized spacial score (nSPS) is 16.4. The number of pyridine rings is 1. The molecule has 1 aromatic carbocycles. The van der Waals surface area contributed by atoms with E-state index in [1.165, 1.54) is 17.2 Å². The first-order chi connectivity index (χ1) is 15.7. The largest absolute Gasteiger partial charge is 0.464 e. The molecule has 3 rings (SSSR count). The van der Waals surface area contributed by atoms with Crippen LogP contribution in [-0.2, 0) is 26.9 Å². The Morgan fingerprint density at radius 1 is 1.21 bits per heavy atom. The highest BCUT2D eigenvalue weighted by molar-refractivity contribution is 5.76. The third kappa shape index (κ3) is 7.20. The summed E-state index contributed by atoms with van der Waals surface area (Å²) in [7, 11) is 0. The number of alkyl halides is 3. The summed E-state index contributed by atoms with van der Waals surface area (Å²) in [6.45, 7) is 2.71. The number of hydrogen-bond acceptors (Lipinski definition) is 5. The number of aryl methyl sites for hydroxylation is 2. The Kier molecular flexibility index (Phi) is 8.30. The quantitative estimate of drug-likeness (QED) is 0.475. The van der Waals surface area contributed by atoms with E-state index in [1.807, 2.05) is 31.2 Å². The molecule has 9 heteroatoms. The number of aromatic nitrogens is 1. The molecule has 0 aliphatic carbocycles. The van der Waals surface area contributed by atoms with Crippen LogP contribution in [0.15, 0.2) is 42.6 Å². The Hall–Kier alpha value is -3.10. The van der Waals surface area contributed by atoms with E-state index in [4.69, 9.17) is 4.74 Å². The van der Waals surface area contributed by atoms with Crippen LogP contribution < -0.4 is 10.2 Å². The Morgan fingerprint density at radius 3 is 2.70 bits per heavy atom. The molecule has 0 spiro atoms. The van der Waals surface area contributed by atoms with Crippen molar-refractivity contribution in [3.05, 3.63) is 59.3 Å². The maximum atomic E-state index is 13.3. The maximum Gasteiger partial charge on any atom is 0.419 e. The lowest BCUT2D eigenvalue weighted by atomic mass is 9.98. The number of nitrogens with zero attached hydrogens (tertiary/aromatic N) is 2. The lowest BCUT2D eigenvalue weighted by molar-refractivity contribution is -0.149. The van der Waals surface area contributed by atoms with Crippen molar-refractivity contribution in [3.63, 3.8) is 0 Å². The second-order valence-electron chi connectivity index (χ2n) is 8.16. The van der Waals surface area contributed by atoms with Gasteiger partial charge in [-0.1, -0.05) is 29.8 Å². The molecule has 0 bridgehead atoms. The smallest absolute Gasteiger partial charge is 0.419 e. The van der Waals surface area contributed by atoms with Crippen LogP contribution in [0, 0.1) is 12.8 Å². The van der Waals surface area contributed by atoms with Crippen LogP contribution in [0.4, 0.5) is 19.0 Å². The van der Waals surface area contributed by atoms with Crippen LogP contribution >= 0.6 is 0 Å². The van der Waals surface area contributed by atoms with Crippen molar-refractivity contribution in [2.45, 2.75) is 38.8 Å². The predicted octanol–water partition coefficient (Wildman–Crippen LogP) is 3.92. The van der Waals surface area contributed by atoms with E-state index in [2.05, 4.69) is 10.3 Å². The minimum absolute atomic E-state index is 0.0169. The zero-order chi connectivity index (χ0) is 23.8. The summed E-state index contributed by atoms with van der Waals surface area (Å²) in [4.78, 5) is 29.8. The number of amides is 1. The van der Waals surface area contributed by atoms with Crippen molar-refractivity contribution in [3.8, 4) is 0 Å². The monoisotopic (exact) mass is 463 g/mol. The number of hydrogen-bond donors (Lipinski definition) is 1. The molecule has 1 N–H and O–H groups in total. The minimum atomic E-state index is -4.52. The van der Waals surface area contributed by atoms with Crippen LogP contribution in [0.1, 0.15) is 36.0 Å². The van der Waals surface area contributed by atoms with Crippen molar-refractivity contribution in [2.24, 2.45) is 5.92 Å². The first kappa shape index (κ1) is 24.5. The average molecular weight is 464 g/mol. The number of esters is 1. The number of rotatable bonds is 8. The third-order valence-electron chi connectivity index (χ3n) is 5.58. The molecular weight excluding hydrogens is 435 g/mol. The first-order valence-corrected chi connectivity index (χ1v) is 11.0. The summed E-state index contributed by atoms with van der Waals surface area (Å²) >= 11 is 0. The fourth-order valence-corrected chi connectivity index (χ4v) is 3.79. The van der Waals surface area contributed by atoms with Gasteiger partial charge in [0.1, 0.15) is 12.4 Å². The van der Waals surface area contributed by atoms with Gasteiger partial charge in [0, 0.05) is 25.7 Å². The molecule has 1 unspecified atom stereocenters. The topological polar surface area (TPSA) is 71.5 Å². The second-order valence-corrected chi connectivity index (χ2v) is 8.16. The number of ether oxygens (including phenoxy) is 1.